The summed E-state index contributed by atoms with van der Waals surface area (Å²) < 4.78 is 0. The molecule has 0 aliphatic heterocycles. The number of aromatic amines is 2. The van der Waals surface area contributed by atoms with E-state index in [-0.39, 0.29) is 37.7 Å². The van der Waals surface area contributed by atoms with Crippen molar-refractivity contribution < 1.29 is 47.7 Å². The quantitative estimate of drug-likeness (QED) is 0.288. The summed E-state index contributed by atoms with van der Waals surface area (Å²) in [6.07, 6.45) is 14.5. The first-order valence-corrected chi connectivity index (χ1v) is 11.8. The van der Waals surface area contributed by atoms with Crippen LogP contribution in [0.25, 0.3) is 11.5 Å². The van der Waals surface area contributed by atoms with Crippen LogP contribution in [0.4, 0.5) is 11.4 Å². The summed E-state index contributed by atoms with van der Waals surface area (Å²) >= 11 is 0. The van der Waals surface area contributed by atoms with Crippen LogP contribution in [0, 0.1) is 0 Å². The largest absolute Gasteiger partial charge is 1.00 e. The van der Waals surface area contributed by atoms with E-state index in [2.05, 4.69) is 19.9 Å². The average Bonchev–Trinajstić information content (AvgIpc) is 3.03. The molecule has 4 N–H and O–H groups in total. The monoisotopic (exact) mass is 516 g/mol. The molecule has 0 unspecified atom stereocenters. The summed E-state index contributed by atoms with van der Waals surface area (Å²) in [5, 5.41) is 0. The van der Waals surface area contributed by atoms with Crippen molar-refractivity contribution in [3.8, 4) is 0 Å². The summed E-state index contributed by atoms with van der Waals surface area (Å²) in [5.41, 5.74) is 15.1. The number of nitrogens with one attached hydrogen (secondary N) is 4. The van der Waals surface area contributed by atoms with E-state index in [9.17, 15) is 0 Å². The van der Waals surface area contributed by atoms with Crippen molar-refractivity contribution in [1.29, 1.82) is 0 Å². The Hall–Kier alpha value is -4.17. The second-order valence-electron chi connectivity index (χ2n) is 6.94. The molecule has 192 valence electrons. The van der Waals surface area contributed by atoms with Gasteiger partial charge in [0.25, 0.3) is 0 Å². The van der Waals surface area contributed by atoms with Crippen LogP contribution in [0.5, 0.6) is 0 Å². The number of hydrogen-bond acceptors (Lipinski definition) is 2. The van der Waals surface area contributed by atoms with E-state index >= 15 is 0 Å². The molecular formula is C32H34Li2N6+2. The van der Waals surface area contributed by atoms with Gasteiger partial charge in [-0.3, -0.25) is 9.97 Å². The Kier molecular flexibility index (Phi) is 29.5. The molecule has 0 atom stereocenters. The predicted molar refractivity (Wildman–Crippen MR) is 155 cm³/mol. The number of hydrogen-bond donors (Lipinski definition) is 0. The molecular weight excluding hydrogens is 482 g/mol. The van der Waals surface area contributed by atoms with Gasteiger partial charge in [-0.15, -0.1) is 11.4 Å². The molecule has 0 spiro atoms. The molecule has 0 amide bonds. The second-order valence-corrected chi connectivity index (χ2v) is 6.94. The van der Waals surface area contributed by atoms with Crippen LogP contribution < -0.4 is 47.7 Å². The standard InChI is InChI=1S/2C6H6N.4C5H5N.2Li/c2*7-6-4-2-1-3-5-6;4*1-2-4-6-5-3-1;;/h2*1-5,7H;4*1-5H;;/q2*-1;;;;;2*+1/p+2. The number of H-pyrrole nitrogens is 2. The normalized spacial score (nSPS) is 7.80. The third-order valence-corrected chi connectivity index (χ3v) is 3.89. The zero-order valence-corrected chi connectivity index (χ0v) is 23.2. The van der Waals surface area contributed by atoms with E-state index in [4.69, 9.17) is 11.5 Å². The van der Waals surface area contributed by atoms with E-state index in [1.54, 1.807) is 49.1 Å². The van der Waals surface area contributed by atoms with Crippen molar-refractivity contribution in [3.05, 3.63) is 195 Å². The molecule has 6 nitrogen and oxygen atoms in total. The summed E-state index contributed by atoms with van der Waals surface area (Å²) in [6.45, 7) is 0. The molecule has 0 aliphatic rings. The van der Waals surface area contributed by atoms with Crippen LogP contribution in [0.2, 0.25) is 0 Å². The SMILES string of the molecule is [Li+].[Li+].[NH-]c1ccccc1.[NH-]c1ccccc1.c1cc[nH+]cc1.c1cc[nH+]cc1.c1ccncc1.c1ccncc1. The van der Waals surface area contributed by atoms with Crippen molar-refractivity contribution in [2.24, 2.45) is 0 Å². The fraction of sp³-hybridized carbons (Fsp3) is 0. The molecule has 0 saturated carbocycles. The Balaban J connectivity index is 0. The van der Waals surface area contributed by atoms with Gasteiger partial charge < -0.3 is 11.5 Å². The topological polar surface area (TPSA) is 102 Å². The Morgan fingerprint density at radius 3 is 0.700 bits per heavy atom. The minimum Gasteiger partial charge on any atom is -0.699 e. The molecule has 0 saturated heterocycles. The van der Waals surface area contributed by atoms with Crippen molar-refractivity contribution in [1.82, 2.24) is 9.97 Å². The maximum atomic E-state index is 7.00. The molecule has 4 aromatic heterocycles. The van der Waals surface area contributed by atoms with E-state index in [0.29, 0.717) is 11.4 Å². The third-order valence-electron chi connectivity index (χ3n) is 3.89. The number of aromatic nitrogens is 4. The second kappa shape index (κ2) is 31.1. The van der Waals surface area contributed by atoms with Gasteiger partial charge in [0.05, 0.1) is 0 Å². The van der Waals surface area contributed by atoms with Crippen LogP contribution >= 0.6 is 0 Å². The van der Waals surface area contributed by atoms with Gasteiger partial charge in [0.15, 0.2) is 24.8 Å². The number of nitrogens with zero attached hydrogens (tertiary/aromatic N) is 2. The Labute approximate surface area is 262 Å². The van der Waals surface area contributed by atoms with Crippen LogP contribution in [0.15, 0.2) is 183 Å². The van der Waals surface area contributed by atoms with Crippen molar-refractivity contribution in [2.45, 2.75) is 0 Å². The first-order valence-electron chi connectivity index (χ1n) is 11.8. The third kappa shape index (κ3) is 28.4. The minimum atomic E-state index is 0. The van der Waals surface area contributed by atoms with Gasteiger partial charge in [0, 0.05) is 49.1 Å². The molecule has 0 fully saturated rings. The predicted octanol–water partition coefficient (Wildman–Crippen LogP) is 1.91. The van der Waals surface area contributed by atoms with Crippen LogP contribution in [-0.2, 0) is 0 Å². The summed E-state index contributed by atoms with van der Waals surface area (Å²) in [6, 6.07) is 41.3. The average molecular weight is 517 g/mol. The summed E-state index contributed by atoms with van der Waals surface area (Å²) in [4.78, 5) is 13.4. The van der Waals surface area contributed by atoms with Crippen LogP contribution in [0.3, 0.4) is 0 Å². The van der Waals surface area contributed by atoms with Gasteiger partial charge >= 0.3 is 37.7 Å². The molecule has 4 heterocycles. The van der Waals surface area contributed by atoms with Gasteiger partial charge in [-0.05, 0) is 24.3 Å². The van der Waals surface area contributed by atoms with Gasteiger partial charge in [-0.2, -0.15) is 0 Å². The fourth-order valence-corrected chi connectivity index (χ4v) is 2.19. The molecule has 6 rings (SSSR count). The Morgan fingerprint density at radius 1 is 0.350 bits per heavy atom. The molecule has 0 aliphatic carbocycles. The number of pyridine rings is 4. The first kappa shape index (κ1) is 38.0. The number of rotatable bonds is 0. The van der Waals surface area contributed by atoms with Crippen molar-refractivity contribution >= 4 is 11.4 Å². The molecule has 0 radical (unpaired) electrons. The smallest absolute Gasteiger partial charge is 0.699 e. The maximum Gasteiger partial charge on any atom is 1.00 e. The fourth-order valence-electron chi connectivity index (χ4n) is 2.19. The van der Waals surface area contributed by atoms with Crippen LogP contribution in [-0.4, -0.2) is 9.97 Å². The van der Waals surface area contributed by atoms with E-state index in [1.807, 2.05) is 134 Å². The Morgan fingerprint density at radius 2 is 0.600 bits per heavy atom. The van der Waals surface area contributed by atoms with Crippen molar-refractivity contribution in [2.75, 3.05) is 0 Å². The zero-order valence-electron chi connectivity index (χ0n) is 23.2. The Bertz CT molecular complexity index is 938. The van der Waals surface area contributed by atoms with E-state index in [1.165, 1.54) is 0 Å². The van der Waals surface area contributed by atoms with Gasteiger partial charge in [0.1, 0.15) is 0 Å². The molecule has 40 heavy (non-hydrogen) atoms. The zero-order chi connectivity index (χ0) is 27.2. The molecule has 2 aromatic carbocycles. The molecule has 8 heteroatoms. The van der Waals surface area contributed by atoms with Crippen molar-refractivity contribution in [3.63, 3.8) is 0 Å². The van der Waals surface area contributed by atoms with Crippen LogP contribution in [0.1, 0.15) is 0 Å². The summed E-state index contributed by atoms with van der Waals surface area (Å²) in [7, 11) is 0. The van der Waals surface area contributed by atoms with E-state index < -0.39 is 0 Å². The van der Waals surface area contributed by atoms with Gasteiger partial charge in [-0.25, -0.2) is 9.97 Å². The molecule has 0 bridgehead atoms. The maximum absolute atomic E-state index is 7.00. The van der Waals surface area contributed by atoms with E-state index in [0.717, 1.165) is 0 Å². The number of benzene rings is 2. The van der Waals surface area contributed by atoms with Gasteiger partial charge in [0.2, 0.25) is 0 Å². The minimum absolute atomic E-state index is 0. The summed E-state index contributed by atoms with van der Waals surface area (Å²) in [5.74, 6) is 0. The van der Waals surface area contributed by atoms with Gasteiger partial charge in [-0.1, -0.05) is 84.9 Å². The first-order chi connectivity index (χ1) is 18.8. The molecule has 6 aromatic rings.